The summed E-state index contributed by atoms with van der Waals surface area (Å²) in [5, 5.41) is 3.65. The zero-order chi connectivity index (χ0) is 12.5. The molecule has 0 amide bonds. The van der Waals surface area contributed by atoms with Gasteiger partial charge in [-0.1, -0.05) is 15.9 Å². The van der Waals surface area contributed by atoms with Gasteiger partial charge in [0.05, 0.1) is 11.7 Å². The van der Waals surface area contributed by atoms with Crippen LogP contribution in [0.1, 0.15) is 12.8 Å². The lowest BCUT2D eigenvalue weighted by molar-refractivity contribution is 0.159. The number of rotatable bonds is 1. The Hall–Kier alpha value is -0.740. The van der Waals surface area contributed by atoms with Gasteiger partial charge in [-0.15, -0.1) is 0 Å². The van der Waals surface area contributed by atoms with Crippen molar-refractivity contribution < 1.29 is 4.74 Å². The maximum atomic E-state index is 5.88. The van der Waals surface area contributed by atoms with Gasteiger partial charge in [0.25, 0.3) is 0 Å². The molecule has 2 unspecified atom stereocenters. The largest absolute Gasteiger partial charge is 0.489 e. The minimum absolute atomic E-state index is 0.439. The van der Waals surface area contributed by atoms with Crippen molar-refractivity contribution in [1.82, 2.24) is 4.90 Å². The van der Waals surface area contributed by atoms with Gasteiger partial charge in [0, 0.05) is 11.0 Å². The molecule has 2 atom stereocenters. The molecule has 1 fully saturated rings. The fraction of sp³-hybridized carbons (Fsp3) is 0.571. The summed E-state index contributed by atoms with van der Waals surface area (Å²) in [7, 11) is 2.21. The Morgan fingerprint density at radius 1 is 1.44 bits per heavy atom. The number of ether oxygens (including phenoxy) is 1. The van der Waals surface area contributed by atoms with Crippen LogP contribution in [0.25, 0.3) is 0 Å². The van der Waals surface area contributed by atoms with E-state index in [4.69, 9.17) is 4.74 Å². The second kappa shape index (κ2) is 5.10. The average molecular weight is 311 g/mol. The first-order chi connectivity index (χ1) is 8.72. The summed E-state index contributed by atoms with van der Waals surface area (Å²) >= 11 is 3.51. The summed E-state index contributed by atoms with van der Waals surface area (Å²) in [5.41, 5.74) is 1.12. The number of anilines is 1. The third-order valence-corrected chi connectivity index (χ3v) is 4.42. The third-order valence-electron chi connectivity index (χ3n) is 3.93. The molecule has 0 bridgehead atoms. The van der Waals surface area contributed by atoms with Crippen LogP contribution in [-0.4, -0.2) is 37.7 Å². The zero-order valence-corrected chi connectivity index (χ0v) is 12.2. The molecule has 18 heavy (non-hydrogen) atoms. The Morgan fingerprint density at radius 3 is 3.17 bits per heavy atom. The van der Waals surface area contributed by atoms with Crippen LogP contribution in [-0.2, 0) is 0 Å². The predicted molar refractivity (Wildman–Crippen MR) is 77.3 cm³/mol. The molecule has 0 radical (unpaired) electrons. The molecular formula is C14H19BrN2O. The van der Waals surface area contributed by atoms with Crippen molar-refractivity contribution in [3.05, 3.63) is 22.7 Å². The highest BCUT2D eigenvalue weighted by molar-refractivity contribution is 9.10. The molecule has 1 aromatic carbocycles. The Labute approximate surface area is 117 Å². The molecule has 2 aliphatic rings. The number of fused-ring (bicyclic) bond motifs is 1. The van der Waals surface area contributed by atoms with Crippen molar-refractivity contribution in [2.45, 2.75) is 18.9 Å². The minimum Gasteiger partial charge on any atom is -0.489 e. The van der Waals surface area contributed by atoms with E-state index in [1.54, 1.807) is 0 Å². The summed E-state index contributed by atoms with van der Waals surface area (Å²) in [6.45, 7) is 3.18. The molecule has 0 aromatic heterocycles. The first-order valence-corrected chi connectivity index (χ1v) is 7.39. The van der Waals surface area contributed by atoms with E-state index >= 15 is 0 Å². The van der Waals surface area contributed by atoms with Crippen LogP contribution in [0.5, 0.6) is 5.75 Å². The summed E-state index contributed by atoms with van der Waals surface area (Å²) < 4.78 is 6.97. The molecule has 2 aliphatic heterocycles. The van der Waals surface area contributed by atoms with Crippen molar-refractivity contribution in [1.29, 1.82) is 0 Å². The van der Waals surface area contributed by atoms with E-state index < -0.39 is 0 Å². The standard InChI is InChI=1S/C14H19BrN2O/c1-17-6-2-3-10(8-17)13-9-18-14-5-4-11(15)7-12(14)16-13/h4-5,7,10,13,16H,2-3,6,8-9H2,1H3. The Bertz CT molecular complexity index is 438. The van der Waals surface area contributed by atoms with Gasteiger partial charge in [-0.3, -0.25) is 0 Å². The molecular weight excluding hydrogens is 292 g/mol. The van der Waals surface area contributed by atoms with Gasteiger partial charge in [0.1, 0.15) is 12.4 Å². The van der Waals surface area contributed by atoms with Crippen molar-refractivity contribution >= 4 is 21.6 Å². The number of hydrogen-bond acceptors (Lipinski definition) is 3. The Balaban J connectivity index is 1.73. The van der Waals surface area contributed by atoms with Crippen molar-refractivity contribution in [2.75, 3.05) is 32.1 Å². The van der Waals surface area contributed by atoms with Gasteiger partial charge < -0.3 is 15.0 Å². The average Bonchev–Trinajstić information content (AvgIpc) is 2.38. The molecule has 0 spiro atoms. The molecule has 3 nitrogen and oxygen atoms in total. The summed E-state index contributed by atoms with van der Waals surface area (Å²) in [6, 6.07) is 6.59. The van der Waals surface area contributed by atoms with E-state index in [0.717, 1.165) is 22.5 Å². The van der Waals surface area contributed by atoms with E-state index in [-0.39, 0.29) is 0 Å². The number of nitrogens with one attached hydrogen (secondary N) is 1. The van der Waals surface area contributed by atoms with Gasteiger partial charge in [0.2, 0.25) is 0 Å². The lowest BCUT2D eigenvalue weighted by atomic mass is 9.90. The van der Waals surface area contributed by atoms with E-state index in [1.165, 1.54) is 25.9 Å². The van der Waals surface area contributed by atoms with Crippen LogP contribution in [0.4, 0.5) is 5.69 Å². The highest BCUT2D eigenvalue weighted by Gasteiger charge is 2.29. The highest BCUT2D eigenvalue weighted by Crippen LogP contribution is 2.34. The van der Waals surface area contributed by atoms with Crippen LogP contribution in [0, 0.1) is 5.92 Å². The monoisotopic (exact) mass is 310 g/mol. The second-order valence-electron chi connectivity index (χ2n) is 5.37. The Morgan fingerprint density at radius 2 is 2.33 bits per heavy atom. The van der Waals surface area contributed by atoms with Crippen LogP contribution in [0.2, 0.25) is 0 Å². The SMILES string of the molecule is CN1CCCC(C2COc3ccc(Br)cc3N2)C1. The number of likely N-dealkylation sites (tertiary alicyclic amines) is 1. The summed E-state index contributed by atoms with van der Waals surface area (Å²) in [4.78, 5) is 2.42. The van der Waals surface area contributed by atoms with Crippen molar-refractivity contribution in [3.8, 4) is 5.75 Å². The van der Waals surface area contributed by atoms with Gasteiger partial charge in [-0.2, -0.15) is 0 Å². The van der Waals surface area contributed by atoms with E-state index in [0.29, 0.717) is 12.0 Å². The molecule has 0 aliphatic carbocycles. The van der Waals surface area contributed by atoms with Crippen LogP contribution >= 0.6 is 15.9 Å². The van der Waals surface area contributed by atoms with E-state index in [2.05, 4.69) is 39.3 Å². The lowest BCUT2D eigenvalue weighted by Gasteiger charge is -2.38. The van der Waals surface area contributed by atoms with Crippen LogP contribution < -0.4 is 10.1 Å². The zero-order valence-electron chi connectivity index (χ0n) is 10.7. The van der Waals surface area contributed by atoms with Gasteiger partial charge in [-0.25, -0.2) is 0 Å². The number of hydrogen-bond donors (Lipinski definition) is 1. The first kappa shape index (κ1) is 12.3. The maximum Gasteiger partial charge on any atom is 0.142 e. The van der Waals surface area contributed by atoms with Crippen LogP contribution in [0.3, 0.4) is 0 Å². The van der Waals surface area contributed by atoms with E-state index in [9.17, 15) is 0 Å². The molecule has 4 heteroatoms. The Kier molecular flexibility index (Phi) is 3.48. The number of nitrogens with zero attached hydrogens (tertiary/aromatic N) is 1. The summed E-state index contributed by atoms with van der Waals surface area (Å²) in [5.74, 6) is 1.66. The first-order valence-electron chi connectivity index (χ1n) is 6.60. The molecule has 2 heterocycles. The number of benzene rings is 1. The van der Waals surface area contributed by atoms with Gasteiger partial charge >= 0.3 is 0 Å². The topological polar surface area (TPSA) is 24.5 Å². The quantitative estimate of drug-likeness (QED) is 0.863. The molecule has 3 rings (SSSR count). The normalized spacial score (nSPS) is 28.1. The van der Waals surface area contributed by atoms with Crippen molar-refractivity contribution in [2.24, 2.45) is 5.92 Å². The minimum atomic E-state index is 0.439. The molecule has 1 N–H and O–H groups in total. The molecule has 98 valence electrons. The van der Waals surface area contributed by atoms with Crippen LogP contribution in [0.15, 0.2) is 22.7 Å². The van der Waals surface area contributed by atoms with Gasteiger partial charge in [-0.05, 0) is 50.6 Å². The summed E-state index contributed by atoms with van der Waals surface area (Å²) in [6.07, 6.45) is 2.60. The highest BCUT2D eigenvalue weighted by atomic mass is 79.9. The third kappa shape index (κ3) is 2.50. The number of halogens is 1. The fourth-order valence-corrected chi connectivity index (χ4v) is 3.31. The molecule has 0 saturated carbocycles. The maximum absolute atomic E-state index is 5.88. The number of piperidine rings is 1. The van der Waals surface area contributed by atoms with Gasteiger partial charge in [0.15, 0.2) is 0 Å². The van der Waals surface area contributed by atoms with Crippen molar-refractivity contribution in [3.63, 3.8) is 0 Å². The lowest BCUT2D eigenvalue weighted by Crippen LogP contribution is -2.45. The molecule has 1 aromatic rings. The molecule has 1 saturated heterocycles. The smallest absolute Gasteiger partial charge is 0.142 e. The predicted octanol–water partition coefficient (Wildman–Crippen LogP) is 2.96. The fourth-order valence-electron chi connectivity index (χ4n) is 2.95. The second-order valence-corrected chi connectivity index (χ2v) is 6.28. The van der Waals surface area contributed by atoms with E-state index in [1.807, 2.05) is 12.1 Å².